The zero-order valence-electron chi connectivity index (χ0n) is 14.3. The summed E-state index contributed by atoms with van der Waals surface area (Å²) in [6.45, 7) is 16.4. The number of likely N-dealkylation sites (tertiary alicyclic amines) is 1. The first kappa shape index (κ1) is 16.6. The van der Waals surface area contributed by atoms with Crippen molar-refractivity contribution < 1.29 is 9.53 Å². The highest BCUT2D eigenvalue weighted by Gasteiger charge is 2.34. The van der Waals surface area contributed by atoms with E-state index in [1.54, 1.807) is 0 Å². The summed E-state index contributed by atoms with van der Waals surface area (Å²) < 4.78 is 5.47. The lowest BCUT2D eigenvalue weighted by atomic mass is 10.1. The molecule has 2 heterocycles. The van der Waals surface area contributed by atoms with E-state index in [1.165, 1.54) is 0 Å². The van der Waals surface area contributed by atoms with Crippen molar-refractivity contribution in [3.63, 3.8) is 0 Å². The molecule has 2 aliphatic heterocycles. The highest BCUT2D eigenvalue weighted by atomic mass is 16.6. The molecule has 2 fully saturated rings. The number of carbonyl (C=O) groups excluding carboxylic acids is 1. The predicted octanol–water partition coefficient (Wildman–Crippen LogP) is 2.02. The molecule has 5 heteroatoms. The molecule has 0 spiro atoms. The van der Waals surface area contributed by atoms with Gasteiger partial charge in [-0.3, -0.25) is 9.80 Å². The number of ether oxygens (including phenoxy) is 1. The summed E-state index contributed by atoms with van der Waals surface area (Å²) >= 11 is 0. The zero-order valence-corrected chi connectivity index (χ0v) is 14.3. The standard InChI is InChI=1S/C16H31N3O2/c1-13(2)17-8-10-18(11-9-17)14-6-7-19(12-14)15(20)21-16(3,4)5/h13-14H,6-12H2,1-5H3/t14-/m0/s1. The summed E-state index contributed by atoms with van der Waals surface area (Å²) in [5.41, 5.74) is -0.405. The number of carbonyl (C=O) groups is 1. The van der Waals surface area contributed by atoms with Crippen molar-refractivity contribution >= 4 is 6.09 Å². The van der Waals surface area contributed by atoms with Crippen molar-refractivity contribution in [2.45, 2.75) is 58.7 Å². The van der Waals surface area contributed by atoms with Crippen LogP contribution in [0, 0.1) is 0 Å². The lowest BCUT2D eigenvalue weighted by molar-refractivity contribution is 0.0265. The van der Waals surface area contributed by atoms with Gasteiger partial charge in [-0.2, -0.15) is 0 Å². The van der Waals surface area contributed by atoms with Gasteiger partial charge in [0.1, 0.15) is 5.60 Å². The van der Waals surface area contributed by atoms with Gasteiger partial charge in [0.05, 0.1) is 0 Å². The number of piperazine rings is 1. The molecule has 0 aromatic rings. The van der Waals surface area contributed by atoms with Gasteiger partial charge in [0, 0.05) is 51.4 Å². The second-order valence-corrected chi connectivity index (χ2v) is 7.53. The van der Waals surface area contributed by atoms with Gasteiger partial charge in [-0.05, 0) is 41.0 Å². The molecule has 0 aromatic carbocycles. The minimum absolute atomic E-state index is 0.161. The number of amides is 1. The molecule has 0 saturated carbocycles. The topological polar surface area (TPSA) is 36.0 Å². The van der Waals surface area contributed by atoms with E-state index < -0.39 is 5.60 Å². The van der Waals surface area contributed by atoms with Gasteiger partial charge in [0.2, 0.25) is 0 Å². The van der Waals surface area contributed by atoms with Crippen LogP contribution in [0.2, 0.25) is 0 Å². The van der Waals surface area contributed by atoms with Crippen LogP contribution >= 0.6 is 0 Å². The molecule has 2 saturated heterocycles. The fraction of sp³-hybridized carbons (Fsp3) is 0.938. The molecule has 5 nitrogen and oxygen atoms in total. The molecule has 0 radical (unpaired) electrons. The van der Waals surface area contributed by atoms with Crippen molar-refractivity contribution in [1.82, 2.24) is 14.7 Å². The summed E-state index contributed by atoms with van der Waals surface area (Å²) in [6.07, 6.45) is 0.909. The fourth-order valence-electron chi connectivity index (χ4n) is 3.15. The zero-order chi connectivity index (χ0) is 15.6. The van der Waals surface area contributed by atoms with Gasteiger partial charge in [-0.15, -0.1) is 0 Å². The van der Waals surface area contributed by atoms with E-state index in [2.05, 4.69) is 23.6 Å². The Kier molecular flexibility index (Phi) is 5.15. The van der Waals surface area contributed by atoms with Gasteiger partial charge >= 0.3 is 6.09 Å². The van der Waals surface area contributed by atoms with Gasteiger partial charge in [0.25, 0.3) is 0 Å². The van der Waals surface area contributed by atoms with Crippen LogP contribution in [-0.2, 0) is 4.74 Å². The van der Waals surface area contributed by atoms with Crippen molar-refractivity contribution in [2.24, 2.45) is 0 Å². The SMILES string of the molecule is CC(C)N1CCN([C@H]2CCN(C(=O)OC(C)(C)C)C2)CC1. The Morgan fingerprint density at radius 2 is 1.71 bits per heavy atom. The number of hydrogen-bond acceptors (Lipinski definition) is 4. The lowest BCUT2D eigenvalue weighted by Gasteiger charge is -2.39. The third kappa shape index (κ3) is 4.58. The molecule has 21 heavy (non-hydrogen) atoms. The van der Waals surface area contributed by atoms with Gasteiger partial charge in [-0.25, -0.2) is 4.79 Å². The first-order valence-electron chi connectivity index (χ1n) is 8.22. The van der Waals surface area contributed by atoms with E-state index in [9.17, 15) is 4.79 Å². The molecule has 0 N–H and O–H groups in total. The highest BCUT2D eigenvalue weighted by Crippen LogP contribution is 2.20. The van der Waals surface area contributed by atoms with E-state index in [1.807, 2.05) is 25.7 Å². The maximum Gasteiger partial charge on any atom is 0.410 e. The van der Waals surface area contributed by atoms with Crippen molar-refractivity contribution in [2.75, 3.05) is 39.3 Å². The molecular weight excluding hydrogens is 266 g/mol. The lowest BCUT2D eigenvalue weighted by Crippen LogP contribution is -2.52. The first-order valence-corrected chi connectivity index (χ1v) is 8.22. The molecular formula is C16H31N3O2. The van der Waals surface area contributed by atoms with Crippen LogP contribution in [0.4, 0.5) is 4.79 Å². The van der Waals surface area contributed by atoms with Crippen LogP contribution in [-0.4, -0.2) is 77.7 Å². The quantitative estimate of drug-likeness (QED) is 0.781. The van der Waals surface area contributed by atoms with E-state index in [0.29, 0.717) is 12.1 Å². The Morgan fingerprint density at radius 1 is 1.10 bits per heavy atom. The molecule has 0 bridgehead atoms. The van der Waals surface area contributed by atoms with Crippen LogP contribution in [0.3, 0.4) is 0 Å². The van der Waals surface area contributed by atoms with E-state index >= 15 is 0 Å². The van der Waals surface area contributed by atoms with E-state index in [-0.39, 0.29) is 6.09 Å². The maximum absolute atomic E-state index is 12.1. The highest BCUT2D eigenvalue weighted by molar-refractivity contribution is 5.68. The summed E-state index contributed by atoms with van der Waals surface area (Å²) in [6, 6.07) is 1.14. The average molecular weight is 297 g/mol. The van der Waals surface area contributed by atoms with Crippen LogP contribution in [0.15, 0.2) is 0 Å². The second-order valence-electron chi connectivity index (χ2n) is 7.53. The Morgan fingerprint density at radius 3 is 2.24 bits per heavy atom. The second kappa shape index (κ2) is 6.53. The molecule has 2 aliphatic rings. The Balaban J connectivity index is 1.79. The monoisotopic (exact) mass is 297 g/mol. The van der Waals surface area contributed by atoms with Gasteiger partial charge in [-0.1, -0.05) is 0 Å². The summed E-state index contributed by atoms with van der Waals surface area (Å²) in [7, 11) is 0. The maximum atomic E-state index is 12.1. The van der Waals surface area contributed by atoms with Gasteiger partial charge < -0.3 is 9.64 Å². The Hall–Kier alpha value is -0.810. The Bertz CT molecular complexity index is 357. The molecule has 0 aliphatic carbocycles. The van der Waals surface area contributed by atoms with Crippen molar-refractivity contribution in [3.05, 3.63) is 0 Å². The number of rotatable bonds is 2. The summed E-state index contributed by atoms with van der Waals surface area (Å²) in [5.74, 6) is 0. The smallest absolute Gasteiger partial charge is 0.410 e. The molecule has 0 aromatic heterocycles. The summed E-state index contributed by atoms with van der Waals surface area (Å²) in [4.78, 5) is 19.0. The summed E-state index contributed by atoms with van der Waals surface area (Å²) in [5, 5.41) is 0. The average Bonchev–Trinajstić information content (AvgIpc) is 2.86. The third-order valence-electron chi connectivity index (χ3n) is 4.41. The van der Waals surface area contributed by atoms with Crippen molar-refractivity contribution in [3.8, 4) is 0 Å². The Labute approximate surface area is 129 Å². The number of nitrogens with zero attached hydrogens (tertiary/aromatic N) is 3. The molecule has 1 amide bonds. The molecule has 122 valence electrons. The minimum atomic E-state index is -0.405. The minimum Gasteiger partial charge on any atom is -0.444 e. The van der Waals surface area contributed by atoms with E-state index in [4.69, 9.17) is 4.74 Å². The molecule has 1 atom stereocenters. The normalized spacial score (nSPS) is 25.6. The third-order valence-corrected chi connectivity index (χ3v) is 4.41. The van der Waals surface area contributed by atoms with E-state index in [0.717, 1.165) is 45.7 Å². The fourth-order valence-corrected chi connectivity index (χ4v) is 3.15. The van der Waals surface area contributed by atoms with Crippen LogP contribution in [0.25, 0.3) is 0 Å². The molecule has 0 unspecified atom stereocenters. The largest absolute Gasteiger partial charge is 0.444 e. The van der Waals surface area contributed by atoms with Crippen LogP contribution in [0.1, 0.15) is 41.0 Å². The van der Waals surface area contributed by atoms with Crippen LogP contribution in [0.5, 0.6) is 0 Å². The number of hydrogen-bond donors (Lipinski definition) is 0. The van der Waals surface area contributed by atoms with Gasteiger partial charge in [0.15, 0.2) is 0 Å². The van der Waals surface area contributed by atoms with Crippen LogP contribution < -0.4 is 0 Å². The first-order chi connectivity index (χ1) is 9.76. The molecule has 2 rings (SSSR count). The predicted molar refractivity (Wildman–Crippen MR) is 84.5 cm³/mol. The van der Waals surface area contributed by atoms with Crippen molar-refractivity contribution in [1.29, 1.82) is 0 Å².